The largest absolute Gasteiger partial charge is 0.467 e. The molecular formula is C18H18N2O2S. The van der Waals surface area contributed by atoms with Crippen LogP contribution in [-0.4, -0.2) is 22.8 Å². The molecule has 3 aromatic rings. The van der Waals surface area contributed by atoms with Crippen LogP contribution in [0, 0.1) is 0 Å². The molecule has 0 aliphatic carbocycles. The van der Waals surface area contributed by atoms with E-state index in [0.29, 0.717) is 12.2 Å². The molecule has 5 heteroatoms. The Bertz CT molecular complexity index is 776. The van der Waals surface area contributed by atoms with Crippen molar-refractivity contribution in [1.29, 1.82) is 0 Å². The van der Waals surface area contributed by atoms with Gasteiger partial charge in [0.1, 0.15) is 16.5 Å². The highest BCUT2D eigenvalue weighted by molar-refractivity contribution is 7.13. The van der Waals surface area contributed by atoms with E-state index in [1.807, 2.05) is 17.5 Å². The minimum absolute atomic E-state index is 0.103. The van der Waals surface area contributed by atoms with Gasteiger partial charge in [-0.2, -0.15) is 0 Å². The maximum atomic E-state index is 12.4. The number of thiazole rings is 1. The van der Waals surface area contributed by atoms with Crippen molar-refractivity contribution in [3.8, 4) is 10.6 Å². The van der Waals surface area contributed by atoms with E-state index in [1.165, 1.54) is 16.9 Å². The van der Waals surface area contributed by atoms with Gasteiger partial charge in [-0.25, -0.2) is 4.98 Å². The zero-order chi connectivity index (χ0) is 16.2. The molecule has 118 valence electrons. The van der Waals surface area contributed by atoms with Crippen LogP contribution < -0.4 is 0 Å². The summed E-state index contributed by atoms with van der Waals surface area (Å²) >= 11 is 1.49. The van der Waals surface area contributed by atoms with Crippen molar-refractivity contribution in [2.75, 3.05) is 7.05 Å². The number of carbonyl (C=O) groups excluding carboxylic acids is 1. The third-order valence-electron chi connectivity index (χ3n) is 3.65. The first-order valence-corrected chi connectivity index (χ1v) is 8.38. The summed E-state index contributed by atoms with van der Waals surface area (Å²) in [5.74, 6) is 0.653. The lowest BCUT2D eigenvalue weighted by atomic mass is 10.1. The van der Waals surface area contributed by atoms with Crippen LogP contribution >= 0.6 is 11.3 Å². The molecule has 0 saturated heterocycles. The molecule has 3 rings (SSSR count). The predicted octanol–water partition coefficient (Wildman–Crippen LogP) is 4.24. The van der Waals surface area contributed by atoms with E-state index in [4.69, 9.17) is 4.42 Å². The molecule has 0 spiro atoms. The lowest BCUT2D eigenvalue weighted by Gasteiger charge is -2.13. The first-order chi connectivity index (χ1) is 11.2. The summed E-state index contributed by atoms with van der Waals surface area (Å²) < 4.78 is 5.27. The van der Waals surface area contributed by atoms with E-state index in [2.05, 4.69) is 36.2 Å². The number of hydrogen-bond acceptors (Lipinski definition) is 4. The summed E-state index contributed by atoms with van der Waals surface area (Å²) in [6.45, 7) is 2.56. The number of nitrogens with zero attached hydrogens (tertiary/aromatic N) is 2. The van der Waals surface area contributed by atoms with Crippen molar-refractivity contribution in [3.05, 3.63) is 65.1 Å². The molecular weight excluding hydrogens is 308 g/mol. The van der Waals surface area contributed by atoms with Crippen molar-refractivity contribution in [2.45, 2.75) is 19.9 Å². The number of amides is 1. The average Bonchev–Trinajstić information content (AvgIpc) is 3.26. The topological polar surface area (TPSA) is 46.3 Å². The first-order valence-electron chi connectivity index (χ1n) is 7.50. The Balaban J connectivity index is 1.73. The van der Waals surface area contributed by atoms with E-state index in [9.17, 15) is 4.79 Å². The average molecular weight is 326 g/mol. The molecule has 0 aliphatic heterocycles. The van der Waals surface area contributed by atoms with Crippen LogP contribution in [0.15, 0.2) is 52.5 Å². The van der Waals surface area contributed by atoms with Crippen molar-refractivity contribution in [1.82, 2.24) is 9.88 Å². The molecule has 0 atom stereocenters. The molecule has 1 aromatic carbocycles. The lowest BCUT2D eigenvalue weighted by molar-refractivity contribution is 0.0770. The van der Waals surface area contributed by atoms with Gasteiger partial charge in [0.25, 0.3) is 5.91 Å². The van der Waals surface area contributed by atoms with Crippen LogP contribution in [0.25, 0.3) is 10.6 Å². The van der Waals surface area contributed by atoms with Crippen molar-refractivity contribution >= 4 is 17.2 Å². The highest BCUT2D eigenvalue weighted by Crippen LogP contribution is 2.25. The summed E-state index contributed by atoms with van der Waals surface area (Å²) in [4.78, 5) is 18.5. The predicted molar refractivity (Wildman–Crippen MR) is 91.4 cm³/mol. The van der Waals surface area contributed by atoms with Crippen LogP contribution in [-0.2, 0) is 13.0 Å². The molecule has 0 radical (unpaired) electrons. The molecule has 2 aromatic heterocycles. The van der Waals surface area contributed by atoms with Gasteiger partial charge in [0.15, 0.2) is 0 Å². The Kier molecular flexibility index (Phi) is 4.57. The maximum Gasteiger partial charge on any atom is 0.273 e. The summed E-state index contributed by atoms with van der Waals surface area (Å²) in [7, 11) is 1.75. The van der Waals surface area contributed by atoms with Gasteiger partial charge in [-0.3, -0.25) is 4.79 Å². The normalized spacial score (nSPS) is 10.7. The quantitative estimate of drug-likeness (QED) is 0.704. The summed E-state index contributed by atoms with van der Waals surface area (Å²) in [5, 5.41) is 2.67. The second-order valence-corrected chi connectivity index (χ2v) is 6.19. The van der Waals surface area contributed by atoms with Crippen LogP contribution in [0.3, 0.4) is 0 Å². The minimum Gasteiger partial charge on any atom is -0.467 e. The van der Waals surface area contributed by atoms with E-state index in [-0.39, 0.29) is 5.91 Å². The zero-order valence-corrected chi connectivity index (χ0v) is 14.0. The fourth-order valence-corrected chi connectivity index (χ4v) is 3.09. The SMILES string of the molecule is CCc1ccc(-c2nc(C(=O)N(C)Cc3ccco3)cs2)cc1. The van der Waals surface area contributed by atoms with Gasteiger partial charge in [0.2, 0.25) is 0 Å². The molecule has 0 N–H and O–H groups in total. The number of aromatic nitrogens is 1. The second kappa shape index (κ2) is 6.79. The van der Waals surface area contributed by atoms with Crippen LogP contribution in [0.5, 0.6) is 0 Å². The van der Waals surface area contributed by atoms with E-state index in [1.54, 1.807) is 18.2 Å². The fraction of sp³-hybridized carbons (Fsp3) is 0.222. The highest BCUT2D eigenvalue weighted by atomic mass is 32.1. The third-order valence-corrected chi connectivity index (χ3v) is 4.54. The molecule has 23 heavy (non-hydrogen) atoms. The monoisotopic (exact) mass is 326 g/mol. The smallest absolute Gasteiger partial charge is 0.273 e. The Morgan fingerprint density at radius 3 is 2.70 bits per heavy atom. The Morgan fingerprint density at radius 1 is 1.26 bits per heavy atom. The fourth-order valence-electron chi connectivity index (χ4n) is 2.29. The summed E-state index contributed by atoms with van der Waals surface area (Å²) in [5.41, 5.74) is 2.80. The molecule has 4 nitrogen and oxygen atoms in total. The number of aryl methyl sites for hydroxylation is 1. The Hall–Kier alpha value is -2.40. The van der Waals surface area contributed by atoms with Gasteiger partial charge in [0, 0.05) is 18.0 Å². The van der Waals surface area contributed by atoms with Crippen molar-refractivity contribution in [2.24, 2.45) is 0 Å². The Labute approximate surface area is 139 Å². The standard InChI is InChI=1S/C18H18N2O2S/c1-3-13-6-8-14(9-7-13)17-19-16(12-23-17)18(21)20(2)11-15-5-4-10-22-15/h4-10,12H,3,11H2,1-2H3. The molecule has 2 heterocycles. The molecule has 0 fully saturated rings. The molecule has 1 amide bonds. The van der Waals surface area contributed by atoms with Crippen LogP contribution in [0.2, 0.25) is 0 Å². The maximum absolute atomic E-state index is 12.4. The number of benzene rings is 1. The number of carbonyl (C=O) groups is 1. The minimum atomic E-state index is -0.103. The number of rotatable bonds is 5. The van der Waals surface area contributed by atoms with E-state index in [0.717, 1.165) is 22.8 Å². The van der Waals surface area contributed by atoms with E-state index < -0.39 is 0 Å². The number of furan rings is 1. The molecule has 0 saturated carbocycles. The van der Waals surface area contributed by atoms with Crippen LogP contribution in [0.1, 0.15) is 28.7 Å². The number of hydrogen-bond donors (Lipinski definition) is 0. The molecule has 0 unspecified atom stereocenters. The van der Waals surface area contributed by atoms with Gasteiger partial charge in [-0.15, -0.1) is 11.3 Å². The van der Waals surface area contributed by atoms with Gasteiger partial charge in [-0.1, -0.05) is 31.2 Å². The van der Waals surface area contributed by atoms with Gasteiger partial charge < -0.3 is 9.32 Å². The second-order valence-electron chi connectivity index (χ2n) is 5.33. The van der Waals surface area contributed by atoms with Crippen molar-refractivity contribution in [3.63, 3.8) is 0 Å². The Morgan fingerprint density at radius 2 is 2.04 bits per heavy atom. The zero-order valence-electron chi connectivity index (χ0n) is 13.2. The summed E-state index contributed by atoms with van der Waals surface area (Å²) in [6.07, 6.45) is 2.62. The molecule has 0 bridgehead atoms. The summed E-state index contributed by atoms with van der Waals surface area (Å²) in [6, 6.07) is 12.0. The molecule has 0 aliphatic rings. The van der Waals surface area contributed by atoms with Gasteiger partial charge in [0.05, 0.1) is 12.8 Å². The van der Waals surface area contributed by atoms with Gasteiger partial charge in [-0.05, 0) is 24.1 Å². The first kappa shape index (κ1) is 15.5. The highest BCUT2D eigenvalue weighted by Gasteiger charge is 2.17. The lowest BCUT2D eigenvalue weighted by Crippen LogP contribution is -2.26. The van der Waals surface area contributed by atoms with Crippen LogP contribution in [0.4, 0.5) is 0 Å². The van der Waals surface area contributed by atoms with Crippen molar-refractivity contribution < 1.29 is 9.21 Å². The van der Waals surface area contributed by atoms with E-state index >= 15 is 0 Å². The third kappa shape index (κ3) is 3.51. The van der Waals surface area contributed by atoms with Gasteiger partial charge >= 0.3 is 0 Å².